The fourth-order valence-electron chi connectivity index (χ4n) is 2.43. The lowest BCUT2D eigenvalue weighted by molar-refractivity contribution is 0.102. The Labute approximate surface area is 146 Å². The first-order valence-electron chi connectivity index (χ1n) is 7.94. The summed E-state index contributed by atoms with van der Waals surface area (Å²) in [5.74, 6) is 0.405. The van der Waals surface area contributed by atoms with E-state index in [0.717, 1.165) is 11.4 Å². The van der Waals surface area contributed by atoms with Gasteiger partial charge in [0.25, 0.3) is 5.91 Å². The normalized spacial score (nSPS) is 10.3. The van der Waals surface area contributed by atoms with Gasteiger partial charge in [-0.05, 0) is 37.3 Å². The predicted octanol–water partition coefficient (Wildman–Crippen LogP) is 4.00. The highest BCUT2D eigenvalue weighted by molar-refractivity contribution is 6.03. The van der Waals surface area contributed by atoms with Crippen molar-refractivity contribution < 1.29 is 9.53 Å². The van der Waals surface area contributed by atoms with Crippen molar-refractivity contribution >= 4 is 11.6 Å². The molecule has 3 aromatic rings. The van der Waals surface area contributed by atoms with Crippen LogP contribution in [0.1, 0.15) is 16.2 Å². The number of aromatic nitrogens is 2. The third-order valence-electron chi connectivity index (χ3n) is 3.58. The van der Waals surface area contributed by atoms with Gasteiger partial charge in [0.15, 0.2) is 5.69 Å². The number of ether oxygens (including phenoxy) is 1. The van der Waals surface area contributed by atoms with Gasteiger partial charge >= 0.3 is 0 Å². The molecule has 2 aromatic carbocycles. The minimum Gasteiger partial charge on any atom is -0.489 e. The predicted molar refractivity (Wildman–Crippen MR) is 98.4 cm³/mol. The molecule has 0 saturated heterocycles. The number of carbonyl (C=O) groups is 1. The second-order valence-electron chi connectivity index (χ2n) is 5.50. The molecule has 0 saturated carbocycles. The summed E-state index contributed by atoms with van der Waals surface area (Å²) in [5, 5.41) is 7.25. The van der Waals surface area contributed by atoms with Crippen LogP contribution in [-0.4, -0.2) is 22.3 Å². The number of hydrogen-bond donors (Lipinski definition) is 1. The van der Waals surface area contributed by atoms with E-state index < -0.39 is 0 Å². The second-order valence-corrected chi connectivity index (χ2v) is 5.50. The molecule has 0 radical (unpaired) electrons. The number of nitrogens with zero attached hydrogens (tertiary/aromatic N) is 2. The SMILES string of the molecule is C=CCOc1cccc(NC(=O)c2cc(C)n(-c3ccccc3)n2)c1. The van der Waals surface area contributed by atoms with Gasteiger partial charge in [-0.3, -0.25) is 4.79 Å². The van der Waals surface area contributed by atoms with E-state index in [9.17, 15) is 4.79 Å². The molecule has 0 aliphatic carbocycles. The van der Waals surface area contributed by atoms with Gasteiger partial charge in [0.1, 0.15) is 12.4 Å². The minimum absolute atomic E-state index is 0.265. The number of hydrogen-bond acceptors (Lipinski definition) is 3. The molecule has 0 aliphatic heterocycles. The van der Waals surface area contributed by atoms with Crippen LogP contribution in [0.2, 0.25) is 0 Å². The average Bonchev–Trinajstić information content (AvgIpc) is 3.03. The van der Waals surface area contributed by atoms with Crippen LogP contribution in [0.4, 0.5) is 5.69 Å². The lowest BCUT2D eigenvalue weighted by atomic mass is 10.3. The molecule has 1 N–H and O–H groups in total. The summed E-state index contributed by atoms with van der Waals surface area (Å²) in [6.07, 6.45) is 1.67. The molecular weight excluding hydrogens is 314 g/mol. The van der Waals surface area contributed by atoms with Gasteiger partial charge < -0.3 is 10.1 Å². The van der Waals surface area contributed by atoms with E-state index in [4.69, 9.17) is 4.74 Å². The average molecular weight is 333 g/mol. The summed E-state index contributed by atoms with van der Waals surface area (Å²) in [6.45, 7) is 5.95. The number of nitrogens with one attached hydrogen (secondary N) is 1. The van der Waals surface area contributed by atoms with E-state index in [2.05, 4.69) is 17.0 Å². The van der Waals surface area contributed by atoms with Crippen molar-refractivity contribution in [1.82, 2.24) is 9.78 Å². The third-order valence-corrected chi connectivity index (χ3v) is 3.58. The maximum absolute atomic E-state index is 12.5. The summed E-state index contributed by atoms with van der Waals surface area (Å²) < 4.78 is 7.22. The standard InChI is InChI=1S/C20H19N3O2/c1-3-12-25-18-11-7-8-16(14-18)21-20(24)19-13-15(2)23(22-19)17-9-5-4-6-10-17/h3-11,13-14H,1,12H2,2H3,(H,21,24). The van der Waals surface area contributed by atoms with Crippen LogP contribution >= 0.6 is 0 Å². The molecule has 25 heavy (non-hydrogen) atoms. The van der Waals surface area contributed by atoms with Crippen LogP contribution in [0.15, 0.2) is 73.3 Å². The van der Waals surface area contributed by atoms with E-state index >= 15 is 0 Å². The maximum atomic E-state index is 12.5. The zero-order chi connectivity index (χ0) is 17.6. The van der Waals surface area contributed by atoms with E-state index in [1.807, 2.05) is 49.4 Å². The van der Waals surface area contributed by atoms with E-state index in [0.29, 0.717) is 23.7 Å². The molecule has 1 heterocycles. The number of carbonyl (C=O) groups excluding carboxylic acids is 1. The highest BCUT2D eigenvalue weighted by Crippen LogP contribution is 2.19. The minimum atomic E-state index is -0.265. The van der Waals surface area contributed by atoms with Crippen molar-refractivity contribution in [1.29, 1.82) is 0 Å². The first kappa shape index (κ1) is 16.5. The molecule has 126 valence electrons. The fraction of sp³-hybridized carbons (Fsp3) is 0.100. The second kappa shape index (κ2) is 7.49. The Morgan fingerprint density at radius 2 is 2.00 bits per heavy atom. The van der Waals surface area contributed by atoms with Gasteiger partial charge in [-0.15, -0.1) is 0 Å². The molecule has 5 heteroatoms. The number of para-hydroxylation sites is 1. The summed E-state index contributed by atoms with van der Waals surface area (Å²) in [4.78, 5) is 12.5. The highest BCUT2D eigenvalue weighted by Gasteiger charge is 2.13. The van der Waals surface area contributed by atoms with Gasteiger partial charge in [-0.1, -0.05) is 36.9 Å². The quantitative estimate of drug-likeness (QED) is 0.694. The molecule has 3 rings (SSSR count). The zero-order valence-electron chi connectivity index (χ0n) is 14.0. The van der Waals surface area contributed by atoms with Crippen molar-refractivity contribution in [3.8, 4) is 11.4 Å². The molecule has 0 spiro atoms. The summed E-state index contributed by atoms with van der Waals surface area (Å²) in [5.41, 5.74) is 2.82. The molecule has 0 fully saturated rings. The van der Waals surface area contributed by atoms with Crippen molar-refractivity contribution in [3.63, 3.8) is 0 Å². The Balaban J connectivity index is 1.77. The molecule has 0 unspecified atom stereocenters. The summed E-state index contributed by atoms with van der Waals surface area (Å²) in [6, 6.07) is 18.7. The Kier molecular flexibility index (Phi) is 4.95. The van der Waals surface area contributed by atoms with Crippen molar-refractivity contribution in [3.05, 3.63) is 84.7 Å². The third kappa shape index (κ3) is 3.95. The first-order chi connectivity index (χ1) is 12.2. The number of benzene rings is 2. The van der Waals surface area contributed by atoms with E-state index in [1.54, 1.807) is 29.0 Å². The van der Waals surface area contributed by atoms with Crippen LogP contribution in [0.5, 0.6) is 5.75 Å². The van der Waals surface area contributed by atoms with Crippen LogP contribution in [-0.2, 0) is 0 Å². The van der Waals surface area contributed by atoms with Gasteiger partial charge in [0.2, 0.25) is 0 Å². The molecule has 1 aromatic heterocycles. The topological polar surface area (TPSA) is 56.1 Å². The largest absolute Gasteiger partial charge is 0.489 e. The highest BCUT2D eigenvalue weighted by atomic mass is 16.5. The van der Waals surface area contributed by atoms with Crippen LogP contribution in [0.25, 0.3) is 5.69 Å². The van der Waals surface area contributed by atoms with Gasteiger partial charge in [-0.2, -0.15) is 5.10 Å². The summed E-state index contributed by atoms with van der Waals surface area (Å²) in [7, 11) is 0. The van der Waals surface area contributed by atoms with Crippen molar-refractivity contribution in [2.45, 2.75) is 6.92 Å². The molecule has 0 atom stereocenters. The molecule has 1 amide bonds. The number of amides is 1. The first-order valence-corrected chi connectivity index (χ1v) is 7.94. The maximum Gasteiger partial charge on any atom is 0.276 e. The van der Waals surface area contributed by atoms with Crippen LogP contribution < -0.4 is 10.1 Å². The van der Waals surface area contributed by atoms with Crippen LogP contribution in [0.3, 0.4) is 0 Å². The molecule has 5 nitrogen and oxygen atoms in total. The Bertz CT molecular complexity index is 885. The smallest absolute Gasteiger partial charge is 0.276 e. The van der Waals surface area contributed by atoms with Crippen molar-refractivity contribution in [2.75, 3.05) is 11.9 Å². The van der Waals surface area contributed by atoms with Gasteiger partial charge in [0.05, 0.1) is 5.69 Å². The molecule has 0 bridgehead atoms. The molecular formula is C20H19N3O2. The van der Waals surface area contributed by atoms with Gasteiger partial charge in [-0.25, -0.2) is 4.68 Å². The lowest BCUT2D eigenvalue weighted by Crippen LogP contribution is -2.13. The Morgan fingerprint density at radius 3 is 2.76 bits per heavy atom. The Morgan fingerprint density at radius 1 is 1.20 bits per heavy atom. The number of rotatable bonds is 6. The lowest BCUT2D eigenvalue weighted by Gasteiger charge is -2.07. The summed E-state index contributed by atoms with van der Waals surface area (Å²) >= 11 is 0. The van der Waals surface area contributed by atoms with E-state index in [1.165, 1.54) is 0 Å². The number of aryl methyl sites for hydroxylation is 1. The van der Waals surface area contributed by atoms with E-state index in [-0.39, 0.29) is 5.91 Å². The fourth-order valence-corrected chi connectivity index (χ4v) is 2.43. The number of anilines is 1. The molecule has 0 aliphatic rings. The van der Waals surface area contributed by atoms with Gasteiger partial charge in [0, 0.05) is 17.4 Å². The van der Waals surface area contributed by atoms with Crippen molar-refractivity contribution in [2.24, 2.45) is 0 Å². The Hall–Kier alpha value is -3.34. The zero-order valence-corrected chi connectivity index (χ0v) is 14.0. The monoisotopic (exact) mass is 333 g/mol. The van der Waals surface area contributed by atoms with Crippen LogP contribution in [0, 0.1) is 6.92 Å².